The van der Waals surface area contributed by atoms with E-state index >= 15 is 0 Å². The van der Waals surface area contributed by atoms with E-state index < -0.39 is 6.04 Å². The highest BCUT2D eigenvalue weighted by atomic mass is 16.5. The molecule has 20 heavy (non-hydrogen) atoms. The maximum Gasteiger partial charge on any atom is 0.245 e. The summed E-state index contributed by atoms with van der Waals surface area (Å²) >= 11 is 0. The molecule has 1 aliphatic rings. The van der Waals surface area contributed by atoms with Crippen molar-refractivity contribution in [3.05, 3.63) is 0 Å². The lowest BCUT2D eigenvalue weighted by atomic mass is 10.0. The first-order valence-corrected chi connectivity index (χ1v) is 7.29. The Morgan fingerprint density at radius 3 is 2.65 bits per heavy atom. The molecule has 0 aromatic rings. The van der Waals surface area contributed by atoms with E-state index in [1.54, 1.807) is 18.9 Å². The molecule has 1 fully saturated rings. The molecule has 0 aromatic carbocycles. The third kappa shape index (κ3) is 4.76. The largest absolute Gasteiger partial charge is 0.382 e. The number of amides is 2. The molecule has 1 rings (SSSR count). The Balaban J connectivity index is 2.40. The molecule has 1 N–H and O–H groups in total. The van der Waals surface area contributed by atoms with E-state index in [1.807, 2.05) is 6.92 Å². The Morgan fingerprint density at radius 2 is 2.00 bits per heavy atom. The first-order chi connectivity index (χ1) is 9.61. The van der Waals surface area contributed by atoms with E-state index in [1.165, 1.54) is 0 Å². The molecule has 0 aliphatic carbocycles. The van der Waals surface area contributed by atoms with Crippen molar-refractivity contribution in [2.24, 2.45) is 0 Å². The van der Waals surface area contributed by atoms with E-state index in [9.17, 15) is 9.59 Å². The summed E-state index contributed by atoms with van der Waals surface area (Å²) in [6.07, 6.45) is 2.29. The maximum absolute atomic E-state index is 12.3. The fourth-order valence-electron chi connectivity index (χ4n) is 2.26. The summed E-state index contributed by atoms with van der Waals surface area (Å²) in [6, 6.07) is -0.757. The minimum absolute atomic E-state index is 0.0239. The highest BCUT2D eigenvalue weighted by Crippen LogP contribution is 2.13. The van der Waals surface area contributed by atoms with Crippen LogP contribution < -0.4 is 5.32 Å². The lowest BCUT2D eigenvalue weighted by molar-refractivity contribution is -0.149. The second-order valence-electron chi connectivity index (χ2n) is 5.02. The van der Waals surface area contributed by atoms with Gasteiger partial charge in [0.1, 0.15) is 12.1 Å². The Hall–Kier alpha value is -1.14. The average Bonchev–Trinajstić information content (AvgIpc) is 2.43. The molecule has 1 aliphatic heterocycles. The second kappa shape index (κ2) is 8.92. The summed E-state index contributed by atoms with van der Waals surface area (Å²) in [6.45, 7) is 6.02. The highest BCUT2D eigenvalue weighted by molar-refractivity contribution is 5.96. The van der Waals surface area contributed by atoms with Crippen LogP contribution in [-0.2, 0) is 19.1 Å². The SMILES string of the molecule is CCCC1NC(=O)C(C)N(CCCOCCOC)C1=O. The van der Waals surface area contributed by atoms with Crippen molar-refractivity contribution >= 4 is 11.8 Å². The molecule has 2 amide bonds. The van der Waals surface area contributed by atoms with Crippen molar-refractivity contribution < 1.29 is 19.1 Å². The van der Waals surface area contributed by atoms with Crippen LogP contribution >= 0.6 is 0 Å². The van der Waals surface area contributed by atoms with Gasteiger partial charge in [0.2, 0.25) is 11.8 Å². The zero-order chi connectivity index (χ0) is 15.0. The molecule has 0 saturated carbocycles. The number of nitrogens with zero attached hydrogens (tertiary/aromatic N) is 1. The molecule has 6 heteroatoms. The number of carbonyl (C=O) groups excluding carboxylic acids is 2. The fourth-order valence-corrected chi connectivity index (χ4v) is 2.26. The zero-order valence-corrected chi connectivity index (χ0v) is 12.7. The quantitative estimate of drug-likeness (QED) is 0.629. The van der Waals surface area contributed by atoms with Crippen molar-refractivity contribution in [2.75, 3.05) is 33.5 Å². The first-order valence-electron chi connectivity index (χ1n) is 7.29. The number of nitrogens with one attached hydrogen (secondary N) is 1. The molecule has 2 atom stereocenters. The van der Waals surface area contributed by atoms with Crippen LogP contribution in [0.1, 0.15) is 33.1 Å². The van der Waals surface area contributed by atoms with Gasteiger partial charge in [-0.15, -0.1) is 0 Å². The van der Waals surface area contributed by atoms with Crippen molar-refractivity contribution in [1.29, 1.82) is 0 Å². The van der Waals surface area contributed by atoms with Crippen molar-refractivity contribution in [1.82, 2.24) is 10.2 Å². The predicted molar refractivity (Wildman–Crippen MR) is 75.3 cm³/mol. The third-order valence-corrected chi connectivity index (χ3v) is 3.44. The molecule has 0 radical (unpaired) electrons. The molecule has 0 aromatic heterocycles. The summed E-state index contributed by atoms with van der Waals surface area (Å²) in [5, 5.41) is 2.79. The lowest BCUT2D eigenvalue weighted by Gasteiger charge is -2.37. The minimum Gasteiger partial charge on any atom is -0.382 e. The van der Waals surface area contributed by atoms with Crippen LogP contribution in [0.4, 0.5) is 0 Å². The molecule has 6 nitrogen and oxygen atoms in total. The van der Waals surface area contributed by atoms with E-state index in [0.717, 1.165) is 12.8 Å². The Labute approximate surface area is 120 Å². The number of ether oxygens (including phenoxy) is 2. The van der Waals surface area contributed by atoms with Gasteiger partial charge >= 0.3 is 0 Å². The van der Waals surface area contributed by atoms with Gasteiger partial charge in [0.25, 0.3) is 0 Å². The summed E-state index contributed by atoms with van der Waals surface area (Å²) < 4.78 is 10.3. The third-order valence-electron chi connectivity index (χ3n) is 3.44. The molecule has 2 unspecified atom stereocenters. The van der Waals surface area contributed by atoms with Gasteiger partial charge in [0.15, 0.2) is 0 Å². The van der Waals surface area contributed by atoms with Gasteiger partial charge in [-0.05, 0) is 19.8 Å². The maximum atomic E-state index is 12.3. The first kappa shape index (κ1) is 16.9. The van der Waals surface area contributed by atoms with Crippen LogP contribution in [0.5, 0.6) is 0 Å². The number of carbonyl (C=O) groups is 2. The van der Waals surface area contributed by atoms with Crippen molar-refractivity contribution in [2.45, 2.75) is 45.2 Å². The summed E-state index contributed by atoms with van der Waals surface area (Å²) in [4.78, 5) is 25.8. The number of hydrogen-bond donors (Lipinski definition) is 1. The van der Waals surface area contributed by atoms with Crippen LogP contribution in [0.2, 0.25) is 0 Å². The molecule has 0 bridgehead atoms. The van der Waals surface area contributed by atoms with Crippen LogP contribution in [0.15, 0.2) is 0 Å². The van der Waals surface area contributed by atoms with Crippen LogP contribution in [0, 0.1) is 0 Å². The standard InChI is InChI=1S/C14H26N2O4/c1-4-6-12-14(18)16(11(2)13(17)15-12)7-5-8-20-10-9-19-3/h11-12H,4-10H2,1-3H3,(H,15,17). The molecule has 1 saturated heterocycles. The van der Waals surface area contributed by atoms with Gasteiger partial charge in [-0.1, -0.05) is 13.3 Å². The second-order valence-corrected chi connectivity index (χ2v) is 5.02. The number of methoxy groups -OCH3 is 1. The van der Waals surface area contributed by atoms with E-state index in [4.69, 9.17) is 9.47 Å². The highest BCUT2D eigenvalue weighted by Gasteiger charge is 2.36. The van der Waals surface area contributed by atoms with E-state index in [-0.39, 0.29) is 17.9 Å². The van der Waals surface area contributed by atoms with Gasteiger partial charge < -0.3 is 19.7 Å². The topological polar surface area (TPSA) is 67.9 Å². The van der Waals surface area contributed by atoms with Gasteiger partial charge in [0.05, 0.1) is 13.2 Å². The Kier molecular flexibility index (Phi) is 7.54. The zero-order valence-electron chi connectivity index (χ0n) is 12.7. The fraction of sp³-hybridized carbons (Fsp3) is 0.857. The number of rotatable bonds is 9. The Morgan fingerprint density at radius 1 is 1.25 bits per heavy atom. The minimum atomic E-state index is -0.394. The Bertz CT molecular complexity index is 322. The monoisotopic (exact) mass is 286 g/mol. The van der Waals surface area contributed by atoms with Crippen LogP contribution in [-0.4, -0.2) is 62.3 Å². The van der Waals surface area contributed by atoms with Gasteiger partial charge in [-0.3, -0.25) is 9.59 Å². The lowest BCUT2D eigenvalue weighted by Crippen LogP contribution is -2.62. The van der Waals surface area contributed by atoms with E-state index in [0.29, 0.717) is 32.8 Å². The summed E-state index contributed by atoms with van der Waals surface area (Å²) in [7, 11) is 1.63. The van der Waals surface area contributed by atoms with Crippen molar-refractivity contribution in [3.8, 4) is 0 Å². The smallest absolute Gasteiger partial charge is 0.245 e. The molecular weight excluding hydrogens is 260 g/mol. The van der Waals surface area contributed by atoms with Crippen LogP contribution in [0.25, 0.3) is 0 Å². The van der Waals surface area contributed by atoms with Crippen LogP contribution in [0.3, 0.4) is 0 Å². The molecular formula is C14H26N2O4. The van der Waals surface area contributed by atoms with Gasteiger partial charge in [0, 0.05) is 20.3 Å². The molecule has 0 spiro atoms. The summed E-state index contributed by atoms with van der Waals surface area (Å²) in [5.74, 6) is -0.0424. The van der Waals surface area contributed by atoms with Crippen molar-refractivity contribution in [3.63, 3.8) is 0 Å². The number of piperazine rings is 1. The molecule has 116 valence electrons. The molecule has 1 heterocycles. The van der Waals surface area contributed by atoms with Gasteiger partial charge in [-0.2, -0.15) is 0 Å². The average molecular weight is 286 g/mol. The summed E-state index contributed by atoms with van der Waals surface area (Å²) in [5.41, 5.74) is 0. The number of hydrogen-bond acceptors (Lipinski definition) is 4. The van der Waals surface area contributed by atoms with E-state index in [2.05, 4.69) is 5.32 Å². The normalized spacial score (nSPS) is 23.1. The predicted octanol–water partition coefficient (Wildman–Crippen LogP) is 0.555. The van der Waals surface area contributed by atoms with Gasteiger partial charge in [-0.25, -0.2) is 0 Å².